The molecule has 1 aliphatic rings. The highest BCUT2D eigenvalue weighted by Crippen LogP contribution is 2.29. The fraction of sp³-hybridized carbons (Fsp3) is 0.250. The normalized spacial score (nSPS) is 15.2. The van der Waals surface area contributed by atoms with Crippen molar-refractivity contribution in [3.05, 3.63) is 65.2 Å². The van der Waals surface area contributed by atoms with E-state index in [0.29, 0.717) is 12.1 Å². The fourth-order valence-electron chi connectivity index (χ4n) is 2.73. The number of para-hydroxylation sites is 1. The summed E-state index contributed by atoms with van der Waals surface area (Å²) in [6.45, 7) is 1.41. The second-order valence-electron chi connectivity index (χ2n) is 5.10. The Morgan fingerprint density at radius 1 is 1.15 bits per heavy atom. The third kappa shape index (κ3) is 2.39. The number of halogens is 2. The molecule has 0 saturated heterocycles. The maximum atomic E-state index is 13.7. The highest BCUT2D eigenvalue weighted by Gasteiger charge is 2.22. The zero-order valence-electron chi connectivity index (χ0n) is 11.0. The predicted octanol–water partition coefficient (Wildman–Crippen LogP) is 3.03. The highest BCUT2D eigenvalue weighted by atomic mass is 19.1. The van der Waals surface area contributed by atoms with Crippen LogP contribution in [0.2, 0.25) is 0 Å². The van der Waals surface area contributed by atoms with Crippen LogP contribution in [0.4, 0.5) is 14.5 Å². The van der Waals surface area contributed by atoms with Crippen molar-refractivity contribution in [1.29, 1.82) is 0 Å². The fourth-order valence-corrected chi connectivity index (χ4v) is 2.73. The molecule has 2 aromatic rings. The van der Waals surface area contributed by atoms with Gasteiger partial charge in [0.05, 0.1) is 6.04 Å². The van der Waals surface area contributed by atoms with E-state index in [0.717, 1.165) is 24.7 Å². The van der Waals surface area contributed by atoms with E-state index in [9.17, 15) is 8.78 Å². The number of rotatable bonds is 3. The monoisotopic (exact) mass is 274 g/mol. The van der Waals surface area contributed by atoms with E-state index in [1.54, 1.807) is 0 Å². The molecule has 0 aliphatic carbocycles. The van der Waals surface area contributed by atoms with Crippen molar-refractivity contribution in [3.8, 4) is 0 Å². The molecule has 0 saturated carbocycles. The molecule has 0 aromatic heterocycles. The average molecular weight is 274 g/mol. The lowest BCUT2D eigenvalue weighted by Gasteiger charge is -2.24. The minimum absolute atomic E-state index is 0.357. The van der Waals surface area contributed by atoms with Crippen LogP contribution in [0, 0.1) is 11.6 Å². The van der Waals surface area contributed by atoms with Crippen LogP contribution in [0.25, 0.3) is 0 Å². The molecular formula is C16H16F2N2. The van der Waals surface area contributed by atoms with Gasteiger partial charge in [0.15, 0.2) is 0 Å². The van der Waals surface area contributed by atoms with Gasteiger partial charge >= 0.3 is 0 Å². The molecule has 20 heavy (non-hydrogen) atoms. The van der Waals surface area contributed by atoms with Crippen LogP contribution in [0.15, 0.2) is 42.5 Å². The van der Waals surface area contributed by atoms with Gasteiger partial charge in [-0.15, -0.1) is 0 Å². The average Bonchev–Trinajstić information content (AvgIpc) is 2.82. The zero-order valence-corrected chi connectivity index (χ0v) is 11.0. The van der Waals surface area contributed by atoms with E-state index in [4.69, 9.17) is 5.73 Å². The van der Waals surface area contributed by atoms with Crippen LogP contribution in [-0.4, -0.2) is 13.1 Å². The van der Waals surface area contributed by atoms with Gasteiger partial charge in [-0.2, -0.15) is 0 Å². The van der Waals surface area contributed by atoms with Crippen LogP contribution in [0.1, 0.15) is 17.2 Å². The molecule has 1 unspecified atom stereocenters. The van der Waals surface area contributed by atoms with E-state index in [1.807, 2.05) is 12.1 Å². The lowest BCUT2D eigenvalue weighted by molar-refractivity contribution is 0.552. The molecule has 0 amide bonds. The quantitative estimate of drug-likeness (QED) is 0.932. The van der Waals surface area contributed by atoms with Crippen molar-refractivity contribution in [2.75, 3.05) is 18.0 Å². The molecule has 2 aromatic carbocycles. The zero-order chi connectivity index (χ0) is 14.1. The van der Waals surface area contributed by atoms with Gasteiger partial charge in [-0.3, -0.25) is 0 Å². The SMILES string of the molecule is NC(CN1CCc2ccccc21)c1ccc(F)cc1F. The Morgan fingerprint density at radius 2 is 1.95 bits per heavy atom. The number of hydrogen-bond donors (Lipinski definition) is 1. The minimum Gasteiger partial charge on any atom is -0.369 e. The standard InChI is InChI=1S/C16H16F2N2/c17-12-5-6-13(14(18)9-12)15(19)10-20-8-7-11-3-1-2-4-16(11)20/h1-6,9,15H,7-8,10,19H2. The van der Waals surface area contributed by atoms with Gasteiger partial charge in [0, 0.05) is 30.4 Å². The molecule has 104 valence electrons. The van der Waals surface area contributed by atoms with Gasteiger partial charge in [-0.05, 0) is 24.1 Å². The number of nitrogens with zero attached hydrogens (tertiary/aromatic N) is 1. The maximum absolute atomic E-state index is 13.7. The number of benzene rings is 2. The van der Waals surface area contributed by atoms with Gasteiger partial charge in [-0.1, -0.05) is 24.3 Å². The number of nitrogens with two attached hydrogens (primary N) is 1. The smallest absolute Gasteiger partial charge is 0.130 e. The Balaban J connectivity index is 1.79. The summed E-state index contributed by atoms with van der Waals surface area (Å²) in [4.78, 5) is 2.16. The molecular weight excluding hydrogens is 258 g/mol. The summed E-state index contributed by atoms with van der Waals surface area (Å²) < 4.78 is 26.7. The Hall–Kier alpha value is -1.94. The third-order valence-electron chi connectivity index (χ3n) is 3.76. The number of fused-ring (bicyclic) bond motifs is 1. The first-order valence-corrected chi connectivity index (χ1v) is 6.68. The molecule has 4 heteroatoms. The summed E-state index contributed by atoms with van der Waals surface area (Å²) in [5.41, 5.74) is 8.88. The molecule has 0 fully saturated rings. The minimum atomic E-state index is -0.579. The summed E-state index contributed by atoms with van der Waals surface area (Å²) in [5, 5.41) is 0. The Bertz CT molecular complexity index is 628. The molecule has 2 N–H and O–H groups in total. The topological polar surface area (TPSA) is 29.3 Å². The molecule has 1 atom stereocenters. The van der Waals surface area contributed by atoms with Crippen molar-refractivity contribution in [1.82, 2.24) is 0 Å². The van der Waals surface area contributed by atoms with Crippen LogP contribution < -0.4 is 10.6 Å². The van der Waals surface area contributed by atoms with Crippen molar-refractivity contribution >= 4 is 5.69 Å². The first-order chi connectivity index (χ1) is 9.65. The van der Waals surface area contributed by atoms with Gasteiger partial charge < -0.3 is 10.6 Å². The van der Waals surface area contributed by atoms with Crippen LogP contribution in [0.5, 0.6) is 0 Å². The largest absolute Gasteiger partial charge is 0.369 e. The van der Waals surface area contributed by atoms with Crippen molar-refractivity contribution in [2.24, 2.45) is 5.73 Å². The van der Waals surface area contributed by atoms with E-state index >= 15 is 0 Å². The van der Waals surface area contributed by atoms with Crippen LogP contribution >= 0.6 is 0 Å². The summed E-state index contributed by atoms with van der Waals surface area (Å²) in [5.74, 6) is -1.16. The molecule has 0 bridgehead atoms. The van der Waals surface area contributed by atoms with Gasteiger partial charge in [0.2, 0.25) is 0 Å². The third-order valence-corrected chi connectivity index (χ3v) is 3.76. The van der Waals surface area contributed by atoms with E-state index in [1.165, 1.54) is 17.7 Å². The highest BCUT2D eigenvalue weighted by molar-refractivity contribution is 5.58. The summed E-state index contributed by atoms with van der Waals surface area (Å²) in [6.07, 6.45) is 0.981. The molecule has 0 radical (unpaired) electrons. The van der Waals surface area contributed by atoms with Crippen LogP contribution in [-0.2, 0) is 6.42 Å². The Labute approximate surface area is 116 Å². The van der Waals surface area contributed by atoms with Crippen LogP contribution in [0.3, 0.4) is 0 Å². The molecule has 2 nitrogen and oxygen atoms in total. The van der Waals surface area contributed by atoms with Gasteiger partial charge in [0.1, 0.15) is 11.6 Å². The lowest BCUT2D eigenvalue weighted by Crippen LogP contribution is -2.31. The van der Waals surface area contributed by atoms with Crippen molar-refractivity contribution < 1.29 is 8.78 Å². The summed E-state index contributed by atoms with van der Waals surface area (Å²) in [6, 6.07) is 11.2. The first kappa shape index (κ1) is 13.1. The summed E-state index contributed by atoms with van der Waals surface area (Å²) in [7, 11) is 0. The molecule has 3 rings (SSSR count). The van der Waals surface area contributed by atoms with Crippen molar-refractivity contribution in [3.63, 3.8) is 0 Å². The molecule has 1 aliphatic heterocycles. The van der Waals surface area contributed by atoms with Gasteiger partial charge in [-0.25, -0.2) is 8.78 Å². The predicted molar refractivity (Wildman–Crippen MR) is 75.6 cm³/mol. The van der Waals surface area contributed by atoms with E-state index < -0.39 is 17.7 Å². The van der Waals surface area contributed by atoms with E-state index in [-0.39, 0.29) is 0 Å². The maximum Gasteiger partial charge on any atom is 0.130 e. The number of anilines is 1. The molecule has 1 heterocycles. The van der Waals surface area contributed by atoms with Gasteiger partial charge in [0.25, 0.3) is 0 Å². The Morgan fingerprint density at radius 3 is 2.75 bits per heavy atom. The first-order valence-electron chi connectivity index (χ1n) is 6.68. The Kier molecular flexibility index (Phi) is 3.40. The lowest BCUT2D eigenvalue weighted by atomic mass is 10.1. The number of hydrogen-bond acceptors (Lipinski definition) is 2. The van der Waals surface area contributed by atoms with Crippen molar-refractivity contribution in [2.45, 2.75) is 12.5 Å². The van der Waals surface area contributed by atoms with E-state index in [2.05, 4.69) is 17.0 Å². The second-order valence-corrected chi connectivity index (χ2v) is 5.10. The molecule has 0 spiro atoms. The second kappa shape index (κ2) is 5.21. The summed E-state index contributed by atoms with van der Waals surface area (Å²) >= 11 is 0.